The normalized spacial score (nSPS) is 23.4. The average Bonchev–Trinajstić information content (AvgIpc) is 2.57. The predicted octanol–water partition coefficient (Wildman–Crippen LogP) is 2.18. The Balaban J connectivity index is 1.66. The fraction of sp³-hybridized carbons (Fsp3) is 0.706. The molecule has 1 aromatic heterocycles. The van der Waals surface area contributed by atoms with Crippen molar-refractivity contribution in [2.75, 3.05) is 37.6 Å². The van der Waals surface area contributed by atoms with Gasteiger partial charge in [-0.3, -0.25) is 4.79 Å². The maximum atomic E-state index is 11.7. The Hall–Kier alpha value is -1.40. The SMILES string of the molecule is CC1CCN(CC2CCCN(c3nnc(Cl)cc3C(N)=O)C2)CC1. The van der Waals surface area contributed by atoms with Crippen LogP contribution in [-0.2, 0) is 0 Å². The highest BCUT2D eigenvalue weighted by atomic mass is 35.5. The molecule has 2 saturated heterocycles. The Morgan fingerprint density at radius 2 is 2.04 bits per heavy atom. The number of hydrogen-bond donors (Lipinski definition) is 1. The third-order valence-corrected chi connectivity index (χ3v) is 5.41. The van der Waals surface area contributed by atoms with Crippen LogP contribution in [0.25, 0.3) is 0 Å². The van der Waals surface area contributed by atoms with Crippen molar-refractivity contribution in [1.29, 1.82) is 0 Å². The number of carbonyl (C=O) groups is 1. The van der Waals surface area contributed by atoms with E-state index in [0.29, 0.717) is 17.3 Å². The van der Waals surface area contributed by atoms with Gasteiger partial charge in [0, 0.05) is 19.6 Å². The highest BCUT2D eigenvalue weighted by Crippen LogP contribution is 2.27. The first kappa shape index (κ1) is 17.4. The lowest BCUT2D eigenvalue weighted by Gasteiger charge is -2.38. The van der Waals surface area contributed by atoms with Crippen LogP contribution < -0.4 is 10.6 Å². The van der Waals surface area contributed by atoms with Crippen molar-refractivity contribution in [3.05, 3.63) is 16.8 Å². The van der Waals surface area contributed by atoms with Gasteiger partial charge in [0.05, 0.1) is 5.56 Å². The van der Waals surface area contributed by atoms with Gasteiger partial charge in [-0.05, 0) is 56.7 Å². The standard InChI is InChI=1S/C17H26ClN5O/c1-12-4-7-22(8-5-12)10-13-3-2-6-23(11-13)17-14(16(19)24)9-15(18)20-21-17/h9,12-13H,2-8,10-11H2,1H3,(H2,19,24). The minimum absolute atomic E-state index is 0.198. The van der Waals surface area contributed by atoms with Crippen LogP contribution in [0.15, 0.2) is 6.07 Å². The van der Waals surface area contributed by atoms with Crippen molar-refractivity contribution in [1.82, 2.24) is 15.1 Å². The predicted molar refractivity (Wildman–Crippen MR) is 95.3 cm³/mol. The highest BCUT2D eigenvalue weighted by Gasteiger charge is 2.27. The summed E-state index contributed by atoms with van der Waals surface area (Å²) in [5, 5.41) is 8.24. The Bertz CT molecular complexity index is 588. The zero-order chi connectivity index (χ0) is 17.1. The van der Waals surface area contributed by atoms with Crippen LogP contribution in [0.1, 0.15) is 43.0 Å². The Labute approximate surface area is 148 Å². The third-order valence-electron chi connectivity index (χ3n) is 5.22. The zero-order valence-electron chi connectivity index (χ0n) is 14.2. The number of carbonyl (C=O) groups excluding carboxylic acids is 1. The van der Waals surface area contributed by atoms with E-state index in [4.69, 9.17) is 17.3 Å². The molecule has 24 heavy (non-hydrogen) atoms. The van der Waals surface area contributed by atoms with E-state index >= 15 is 0 Å². The molecule has 2 aliphatic rings. The first-order valence-corrected chi connectivity index (χ1v) is 9.21. The summed E-state index contributed by atoms with van der Waals surface area (Å²) in [5.41, 5.74) is 5.85. The quantitative estimate of drug-likeness (QED) is 0.899. The number of nitrogens with zero attached hydrogens (tertiary/aromatic N) is 4. The van der Waals surface area contributed by atoms with Crippen LogP contribution in [0.5, 0.6) is 0 Å². The molecule has 1 aromatic rings. The number of nitrogens with two attached hydrogens (primary N) is 1. The summed E-state index contributed by atoms with van der Waals surface area (Å²) in [6.45, 7) is 7.63. The molecule has 0 radical (unpaired) electrons. The van der Waals surface area contributed by atoms with Gasteiger partial charge >= 0.3 is 0 Å². The molecule has 3 heterocycles. The zero-order valence-corrected chi connectivity index (χ0v) is 15.0. The van der Waals surface area contributed by atoms with Gasteiger partial charge in [0.2, 0.25) is 0 Å². The van der Waals surface area contributed by atoms with Crippen LogP contribution in [-0.4, -0.2) is 53.7 Å². The minimum Gasteiger partial charge on any atom is -0.365 e. The molecule has 1 unspecified atom stereocenters. The summed E-state index contributed by atoms with van der Waals surface area (Å²) in [5.74, 6) is 1.51. The van der Waals surface area contributed by atoms with E-state index in [0.717, 1.165) is 32.0 Å². The first-order valence-electron chi connectivity index (χ1n) is 8.83. The number of primary amides is 1. The molecule has 2 aliphatic heterocycles. The molecule has 6 nitrogen and oxygen atoms in total. The van der Waals surface area contributed by atoms with Crippen LogP contribution in [0.2, 0.25) is 5.15 Å². The van der Waals surface area contributed by atoms with Gasteiger partial charge in [0.1, 0.15) is 0 Å². The van der Waals surface area contributed by atoms with Crippen LogP contribution >= 0.6 is 11.6 Å². The van der Waals surface area contributed by atoms with Gasteiger partial charge in [-0.25, -0.2) is 0 Å². The van der Waals surface area contributed by atoms with E-state index in [2.05, 4.69) is 26.9 Å². The Kier molecular flexibility index (Phi) is 5.56. The molecule has 7 heteroatoms. The second-order valence-corrected chi connectivity index (χ2v) is 7.59. The van der Waals surface area contributed by atoms with E-state index in [1.807, 2.05) is 0 Å². The Morgan fingerprint density at radius 1 is 1.29 bits per heavy atom. The lowest BCUT2D eigenvalue weighted by molar-refractivity contribution is 0.1000. The van der Waals surface area contributed by atoms with Gasteiger partial charge in [0.15, 0.2) is 11.0 Å². The van der Waals surface area contributed by atoms with Crippen LogP contribution in [0, 0.1) is 11.8 Å². The molecule has 1 amide bonds. The molecule has 3 rings (SSSR count). The lowest BCUT2D eigenvalue weighted by Crippen LogP contribution is -2.44. The molecular formula is C17H26ClN5O. The molecule has 132 valence electrons. The number of aromatic nitrogens is 2. The molecule has 0 spiro atoms. The molecule has 2 N–H and O–H groups in total. The van der Waals surface area contributed by atoms with Crippen molar-refractivity contribution < 1.29 is 4.79 Å². The third kappa shape index (κ3) is 4.16. The molecule has 1 atom stereocenters. The highest BCUT2D eigenvalue weighted by molar-refractivity contribution is 6.29. The van der Waals surface area contributed by atoms with Gasteiger partial charge in [0.25, 0.3) is 5.91 Å². The minimum atomic E-state index is -0.506. The number of rotatable bonds is 4. The van der Waals surface area contributed by atoms with E-state index in [1.54, 1.807) is 0 Å². The van der Waals surface area contributed by atoms with E-state index in [1.165, 1.54) is 38.4 Å². The number of halogens is 1. The molecule has 0 aliphatic carbocycles. The monoisotopic (exact) mass is 351 g/mol. The van der Waals surface area contributed by atoms with Gasteiger partial charge in [-0.15, -0.1) is 10.2 Å². The number of likely N-dealkylation sites (tertiary alicyclic amines) is 1. The fourth-order valence-electron chi connectivity index (χ4n) is 3.79. The summed E-state index contributed by atoms with van der Waals surface area (Å²) >= 11 is 5.86. The van der Waals surface area contributed by atoms with Crippen LogP contribution in [0.3, 0.4) is 0 Å². The maximum Gasteiger partial charge on any atom is 0.252 e. The number of anilines is 1. The van der Waals surface area contributed by atoms with E-state index < -0.39 is 5.91 Å². The van der Waals surface area contributed by atoms with Crippen LogP contribution in [0.4, 0.5) is 5.82 Å². The molecule has 0 saturated carbocycles. The molecule has 0 bridgehead atoms. The number of piperidine rings is 2. The molecule has 0 aromatic carbocycles. The largest absolute Gasteiger partial charge is 0.365 e. The van der Waals surface area contributed by atoms with E-state index in [9.17, 15) is 4.79 Å². The topological polar surface area (TPSA) is 75.3 Å². The average molecular weight is 352 g/mol. The fourth-order valence-corrected chi connectivity index (χ4v) is 3.94. The van der Waals surface area contributed by atoms with Crippen molar-refractivity contribution >= 4 is 23.3 Å². The smallest absolute Gasteiger partial charge is 0.252 e. The van der Waals surface area contributed by atoms with Crippen molar-refractivity contribution in [2.45, 2.75) is 32.6 Å². The lowest BCUT2D eigenvalue weighted by atomic mass is 9.94. The Morgan fingerprint density at radius 3 is 2.75 bits per heavy atom. The van der Waals surface area contributed by atoms with Gasteiger partial charge in [-0.2, -0.15) is 0 Å². The molecular weight excluding hydrogens is 326 g/mol. The summed E-state index contributed by atoms with van der Waals surface area (Å²) in [6, 6.07) is 1.52. The number of amides is 1. The second-order valence-electron chi connectivity index (χ2n) is 7.21. The number of hydrogen-bond acceptors (Lipinski definition) is 5. The van der Waals surface area contributed by atoms with Gasteiger partial charge in [-0.1, -0.05) is 18.5 Å². The molecule has 2 fully saturated rings. The summed E-state index contributed by atoms with van der Waals surface area (Å²) in [7, 11) is 0. The van der Waals surface area contributed by atoms with Crippen molar-refractivity contribution in [3.8, 4) is 0 Å². The summed E-state index contributed by atoms with van der Waals surface area (Å²) in [6.07, 6.45) is 4.91. The first-order chi connectivity index (χ1) is 11.5. The summed E-state index contributed by atoms with van der Waals surface area (Å²) in [4.78, 5) is 16.4. The second kappa shape index (κ2) is 7.66. The van der Waals surface area contributed by atoms with Crippen molar-refractivity contribution in [3.63, 3.8) is 0 Å². The maximum absolute atomic E-state index is 11.7. The van der Waals surface area contributed by atoms with Gasteiger partial charge < -0.3 is 15.5 Å². The van der Waals surface area contributed by atoms with Crippen molar-refractivity contribution in [2.24, 2.45) is 17.6 Å². The summed E-state index contributed by atoms with van der Waals surface area (Å²) < 4.78 is 0. The van der Waals surface area contributed by atoms with E-state index in [-0.39, 0.29) is 5.15 Å².